The van der Waals surface area contributed by atoms with Crippen LogP contribution in [0.4, 0.5) is 16.2 Å². The van der Waals surface area contributed by atoms with Crippen molar-refractivity contribution in [3.8, 4) is 17.2 Å². The fourth-order valence-electron chi connectivity index (χ4n) is 3.67. The molecule has 4 rings (SSSR count). The number of aromatic nitrogens is 2. The monoisotopic (exact) mass is 444 g/mol. The molecule has 0 aliphatic carbocycles. The molecule has 0 bridgehead atoms. The molecule has 0 radical (unpaired) electrons. The summed E-state index contributed by atoms with van der Waals surface area (Å²) in [5.41, 5.74) is 3.19. The molecule has 168 valence electrons. The van der Waals surface area contributed by atoms with Gasteiger partial charge in [-0.25, -0.2) is 9.78 Å². The second kappa shape index (κ2) is 9.04. The van der Waals surface area contributed by atoms with Gasteiger partial charge in [0.05, 0.1) is 30.8 Å². The lowest BCUT2D eigenvalue weighted by atomic mass is 10.1. The van der Waals surface area contributed by atoms with Crippen molar-refractivity contribution in [1.82, 2.24) is 9.55 Å². The van der Waals surface area contributed by atoms with E-state index in [2.05, 4.69) is 15.6 Å². The first-order valence-electron chi connectivity index (χ1n) is 10.3. The molecule has 0 atom stereocenters. The predicted molar refractivity (Wildman–Crippen MR) is 129 cm³/mol. The van der Waals surface area contributed by atoms with Crippen molar-refractivity contribution in [3.63, 3.8) is 0 Å². The van der Waals surface area contributed by atoms with Crippen LogP contribution >= 0.6 is 0 Å². The fourth-order valence-corrected chi connectivity index (χ4v) is 3.67. The summed E-state index contributed by atoms with van der Waals surface area (Å²) in [7, 11) is 3.08. The molecule has 0 unspecified atom stereocenters. The van der Waals surface area contributed by atoms with E-state index < -0.39 is 6.03 Å². The van der Waals surface area contributed by atoms with Gasteiger partial charge in [-0.3, -0.25) is 9.36 Å². The molecule has 33 heavy (non-hydrogen) atoms. The summed E-state index contributed by atoms with van der Waals surface area (Å²) in [4.78, 5) is 30.1. The van der Waals surface area contributed by atoms with Gasteiger partial charge in [0.2, 0.25) is 0 Å². The second-order valence-electron chi connectivity index (χ2n) is 7.46. The number of methoxy groups -OCH3 is 2. The summed E-state index contributed by atoms with van der Waals surface area (Å²) in [6, 6.07) is 17.4. The van der Waals surface area contributed by atoms with E-state index in [4.69, 9.17) is 9.47 Å². The molecule has 2 N–H and O–H groups in total. The van der Waals surface area contributed by atoms with Crippen LogP contribution in [0.3, 0.4) is 0 Å². The third-order valence-corrected chi connectivity index (χ3v) is 5.30. The number of carbonyl (C=O) groups excluding carboxylic acids is 1. The van der Waals surface area contributed by atoms with E-state index in [-0.39, 0.29) is 5.56 Å². The molecule has 0 fully saturated rings. The van der Waals surface area contributed by atoms with Crippen LogP contribution in [0.5, 0.6) is 11.5 Å². The molecule has 0 spiro atoms. The van der Waals surface area contributed by atoms with Gasteiger partial charge in [0.25, 0.3) is 5.56 Å². The van der Waals surface area contributed by atoms with Crippen LogP contribution < -0.4 is 25.7 Å². The lowest BCUT2D eigenvalue weighted by molar-refractivity contribution is 0.262. The highest BCUT2D eigenvalue weighted by Crippen LogP contribution is 2.30. The Morgan fingerprint density at radius 2 is 1.67 bits per heavy atom. The Balaban J connectivity index is 1.57. The number of carbonyl (C=O) groups is 1. The predicted octanol–water partition coefficient (Wildman–Crippen LogP) is 4.66. The highest BCUT2D eigenvalue weighted by molar-refractivity contribution is 6.00. The van der Waals surface area contributed by atoms with Gasteiger partial charge in [0.15, 0.2) is 11.5 Å². The van der Waals surface area contributed by atoms with E-state index in [0.29, 0.717) is 45.3 Å². The molecule has 0 aliphatic heterocycles. The maximum atomic E-state index is 13.0. The van der Waals surface area contributed by atoms with E-state index in [1.54, 1.807) is 55.0 Å². The SMILES string of the molecule is COc1ccc(NC(=O)Nc2ccc(-n3c(C)nc4ccccc4c3=O)cc2C)cc1OC. The van der Waals surface area contributed by atoms with Crippen molar-refractivity contribution in [2.75, 3.05) is 24.9 Å². The minimum absolute atomic E-state index is 0.135. The summed E-state index contributed by atoms with van der Waals surface area (Å²) in [6.07, 6.45) is 0. The Morgan fingerprint density at radius 3 is 2.39 bits per heavy atom. The smallest absolute Gasteiger partial charge is 0.323 e. The first-order chi connectivity index (χ1) is 15.9. The third kappa shape index (κ3) is 4.36. The van der Waals surface area contributed by atoms with Crippen LogP contribution in [0, 0.1) is 13.8 Å². The normalized spacial score (nSPS) is 10.7. The molecule has 1 heterocycles. The highest BCUT2D eigenvalue weighted by Gasteiger charge is 2.12. The number of nitrogens with zero attached hydrogens (tertiary/aromatic N) is 2. The average Bonchev–Trinajstić information content (AvgIpc) is 2.80. The first kappa shape index (κ1) is 21.9. The molecular weight excluding hydrogens is 420 g/mol. The van der Waals surface area contributed by atoms with Gasteiger partial charge in [-0.05, 0) is 61.9 Å². The molecule has 8 heteroatoms. The zero-order chi connectivity index (χ0) is 23.5. The lowest BCUT2D eigenvalue weighted by Gasteiger charge is -2.15. The van der Waals surface area contributed by atoms with Crippen molar-refractivity contribution in [2.24, 2.45) is 0 Å². The summed E-state index contributed by atoms with van der Waals surface area (Å²) >= 11 is 0. The first-order valence-corrected chi connectivity index (χ1v) is 10.3. The number of urea groups is 1. The number of benzene rings is 3. The van der Waals surface area contributed by atoms with E-state index in [0.717, 1.165) is 5.56 Å². The molecule has 0 aliphatic rings. The standard InChI is InChI=1S/C25H24N4O4/c1-15-13-18(29-16(2)26-21-8-6-5-7-19(21)24(29)30)10-11-20(15)28-25(31)27-17-9-12-22(32-3)23(14-17)33-4/h5-14H,1-4H3,(H2,27,28,31). The Bertz CT molecular complexity index is 1410. The number of rotatable bonds is 5. The summed E-state index contributed by atoms with van der Waals surface area (Å²) < 4.78 is 12.1. The van der Waals surface area contributed by atoms with E-state index >= 15 is 0 Å². The van der Waals surface area contributed by atoms with Gasteiger partial charge in [-0.1, -0.05) is 12.1 Å². The van der Waals surface area contributed by atoms with Gasteiger partial charge < -0.3 is 20.1 Å². The van der Waals surface area contributed by atoms with Gasteiger partial charge in [-0.15, -0.1) is 0 Å². The fraction of sp³-hybridized carbons (Fsp3) is 0.160. The number of fused-ring (bicyclic) bond motifs is 1. The third-order valence-electron chi connectivity index (χ3n) is 5.30. The largest absolute Gasteiger partial charge is 0.493 e. The number of aryl methyl sites for hydroxylation is 2. The minimum Gasteiger partial charge on any atom is -0.493 e. The van der Waals surface area contributed by atoms with Gasteiger partial charge in [0.1, 0.15) is 5.82 Å². The number of para-hydroxylation sites is 1. The van der Waals surface area contributed by atoms with Gasteiger partial charge >= 0.3 is 6.03 Å². The maximum Gasteiger partial charge on any atom is 0.323 e. The van der Waals surface area contributed by atoms with Crippen LogP contribution in [-0.2, 0) is 0 Å². The van der Waals surface area contributed by atoms with Crippen LogP contribution in [0.25, 0.3) is 16.6 Å². The molecule has 0 saturated heterocycles. The van der Waals surface area contributed by atoms with Crippen LogP contribution in [0.15, 0.2) is 65.5 Å². The lowest BCUT2D eigenvalue weighted by Crippen LogP contribution is -2.23. The number of hydrogen-bond donors (Lipinski definition) is 2. The van der Waals surface area contributed by atoms with Crippen LogP contribution in [0.1, 0.15) is 11.4 Å². The molecule has 0 saturated carbocycles. The number of anilines is 2. The number of hydrogen-bond acceptors (Lipinski definition) is 5. The van der Waals surface area contributed by atoms with Crippen LogP contribution in [-0.4, -0.2) is 29.8 Å². The highest BCUT2D eigenvalue weighted by atomic mass is 16.5. The maximum absolute atomic E-state index is 13.0. The molecule has 4 aromatic rings. The number of amides is 2. The molecule has 3 aromatic carbocycles. The van der Waals surface area contributed by atoms with Crippen LogP contribution in [0.2, 0.25) is 0 Å². The Morgan fingerprint density at radius 1 is 0.909 bits per heavy atom. The minimum atomic E-state index is -0.404. The van der Waals surface area contributed by atoms with E-state index in [9.17, 15) is 9.59 Å². The zero-order valence-electron chi connectivity index (χ0n) is 18.8. The Kier molecular flexibility index (Phi) is 5.99. The van der Waals surface area contributed by atoms with Gasteiger partial charge in [0, 0.05) is 17.4 Å². The van der Waals surface area contributed by atoms with Crippen molar-refractivity contribution in [2.45, 2.75) is 13.8 Å². The Hall–Kier alpha value is -4.33. The Labute approximate surface area is 190 Å². The van der Waals surface area contributed by atoms with E-state index in [1.165, 1.54) is 7.11 Å². The molecular formula is C25H24N4O4. The zero-order valence-corrected chi connectivity index (χ0v) is 18.8. The molecule has 2 amide bonds. The van der Waals surface area contributed by atoms with Crippen molar-refractivity contribution < 1.29 is 14.3 Å². The van der Waals surface area contributed by atoms with Gasteiger partial charge in [-0.2, -0.15) is 0 Å². The summed E-state index contributed by atoms with van der Waals surface area (Å²) in [6.45, 7) is 3.66. The number of nitrogens with one attached hydrogen (secondary N) is 2. The van der Waals surface area contributed by atoms with Crippen molar-refractivity contribution >= 4 is 28.3 Å². The summed E-state index contributed by atoms with van der Waals surface area (Å²) in [5.74, 6) is 1.68. The molecule has 1 aromatic heterocycles. The quantitative estimate of drug-likeness (QED) is 0.467. The summed E-state index contributed by atoms with van der Waals surface area (Å²) in [5, 5.41) is 6.17. The van der Waals surface area contributed by atoms with Crippen molar-refractivity contribution in [3.05, 3.63) is 82.4 Å². The van der Waals surface area contributed by atoms with E-state index in [1.807, 2.05) is 31.2 Å². The average molecular weight is 444 g/mol. The number of ether oxygens (including phenoxy) is 2. The van der Waals surface area contributed by atoms with Crippen molar-refractivity contribution in [1.29, 1.82) is 0 Å². The topological polar surface area (TPSA) is 94.5 Å². The molecule has 8 nitrogen and oxygen atoms in total. The second-order valence-corrected chi connectivity index (χ2v) is 7.46.